The number of rotatable bonds is 7. The van der Waals surface area contributed by atoms with Gasteiger partial charge in [-0.2, -0.15) is 0 Å². The fraction of sp³-hybridized carbons (Fsp3) is 0.333. The zero-order chi connectivity index (χ0) is 19.1. The molecule has 0 fully saturated rings. The lowest BCUT2D eigenvalue weighted by Crippen LogP contribution is -2.46. The first-order chi connectivity index (χ1) is 12.5. The summed E-state index contributed by atoms with van der Waals surface area (Å²) in [4.78, 5) is 25.0. The summed E-state index contributed by atoms with van der Waals surface area (Å²) in [5, 5.41) is 9.06. The van der Waals surface area contributed by atoms with Crippen LogP contribution in [0.5, 0.6) is 0 Å². The first-order valence-corrected chi connectivity index (χ1v) is 8.66. The zero-order valence-corrected chi connectivity index (χ0v) is 15.3. The molecule has 0 heterocycles. The van der Waals surface area contributed by atoms with E-state index in [9.17, 15) is 9.59 Å². The highest BCUT2D eigenvalue weighted by Gasteiger charge is 2.36. The largest absolute Gasteiger partial charge is 0.473 e. The maximum Gasteiger partial charge on any atom is 0.417 e. The van der Waals surface area contributed by atoms with Gasteiger partial charge in [0.1, 0.15) is 6.10 Å². The molecule has 0 saturated heterocycles. The summed E-state index contributed by atoms with van der Waals surface area (Å²) in [5.74, 6) is -3.08. The number of carbonyl (C=O) groups is 2. The van der Waals surface area contributed by atoms with Gasteiger partial charge in [0.05, 0.1) is 0 Å². The van der Waals surface area contributed by atoms with Gasteiger partial charge < -0.3 is 14.7 Å². The lowest BCUT2D eigenvalue weighted by atomic mass is 9.82. The molecule has 0 saturated carbocycles. The Morgan fingerprint density at radius 1 is 0.962 bits per heavy atom. The van der Waals surface area contributed by atoms with E-state index in [1.165, 1.54) is 0 Å². The fourth-order valence-corrected chi connectivity index (χ4v) is 3.33. The molecule has 2 atom stereocenters. The highest BCUT2D eigenvalue weighted by Crippen LogP contribution is 2.33. The number of ether oxygens (including phenoxy) is 1. The second-order valence-corrected chi connectivity index (χ2v) is 6.41. The molecule has 0 amide bonds. The predicted octanol–water partition coefficient (Wildman–Crippen LogP) is 3.16. The second kappa shape index (κ2) is 9.15. The lowest BCUT2D eigenvalue weighted by molar-refractivity contribution is -0.170. The van der Waals surface area contributed by atoms with Crippen LogP contribution in [0.25, 0.3) is 0 Å². The van der Waals surface area contributed by atoms with Crippen LogP contribution in [0.4, 0.5) is 0 Å². The normalized spacial score (nSPS) is 13.4. The number of aliphatic carboxylic acids is 1. The number of nitrogens with zero attached hydrogens (tertiary/aromatic N) is 1. The van der Waals surface area contributed by atoms with Crippen LogP contribution >= 0.6 is 0 Å². The average Bonchev–Trinajstić information content (AvgIpc) is 2.63. The Kier molecular flexibility index (Phi) is 6.92. The van der Waals surface area contributed by atoms with Crippen molar-refractivity contribution in [1.82, 2.24) is 4.90 Å². The summed E-state index contributed by atoms with van der Waals surface area (Å²) in [6.45, 7) is 2.00. The number of carbonyl (C=O) groups excluding carboxylic acids is 1. The van der Waals surface area contributed by atoms with E-state index >= 15 is 0 Å². The summed E-state index contributed by atoms with van der Waals surface area (Å²) in [7, 11) is 3.81. The van der Waals surface area contributed by atoms with Crippen molar-refractivity contribution in [2.24, 2.45) is 0 Å². The molecule has 0 aromatic heterocycles. The summed E-state index contributed by atoms with van der Waals surface area (Å²) in [5.41, 5.74) is 1.95. The van der Waals surface area contributed by atoms with Crippen LogP contribution in [0.15, 0.2) is 60.7 Å². The minimum absolute atomic E-state index is 0.135. The summed E-state index contributed by atoms with van der Waals surface area (Å²) in [6.07, 6.45) is 0.0733. The quantitative estimate of drug-likeness (QED) is 0.610. The Morgan fingerprint density at radius 2 is 1.42 bits per heavy atom. The van der Waals surface area contributed by atoms with Crippen molar-refractivity contribution in [2.75, 3.05) is 14.1 Å². The molecule has 5 heteroatoms. The molecule has 2 unspecified atom stereocenters. The Balaban J connectivity index is 2.56. The molecule has 5 nitrogen and oxygen atoms in total. The van der Waals surface area contributed by atoms with Crippen molar-refractivity contribution in [3.05, 3.63) is 71.8 Å². The minimum Gasteiger partial charge on any atom is -0.473 e. The van der Waals surface area contributed by atoms with Gasteiger partial charge in [0.15, 0.2) is 0 Å². The number of hydrogen-bond acceptors (Lipinski definition) is 4. The molecule has 2 aromatic carbocycles. The van der Waals surface area contributed by atoms with Crippen LogP contribution in [-0.2, 0) is 14.3 Å². The highest BCUT2D eigenvalue weighted by atomic mass is 16.6. The summed E-state index contributed by atoms with van der Waals surface area (Å²) >= 11 is 0. The lowest BCUT2D eigenvalue weighted by Gasteiger charge is -2.36. The molecule has 0 spiro atoms. The molecular formula is C21H25NO4. The first-order valence-electron chi connectivity index (χ1n) is 8.66. The number of carboxylic acids is 1. The number of likely N-dealkylation sites (N-methyl/N-ethyl adjacent to an activating group) is 1. The fourth-order valence-electron chi connectivity index (χ4n) is 3.33. The van der Waals surface area contributed by atoms with E-state index in [2.05, 4.69) is 0 Å². The third-order valence-electron chi connectivity index (χ3n) is 4.52. The van der Waals surface area contributed by atoms with Crippen LogP contribution in [0.2, 0.25) is 0 Å². The number of benzene rings is 2. The van der Waals surface area contributed by atoms with Gasteiger partial charge in [-0.25, -0.2) is 9.59 Å². The van der Waals surface area contributed by atoms with E-state index in [4.69, 9.17) is 9.84 Å². The van der Waals surface area contributed by atoms with Gasteiger partial charge in [0.2, 0.25) is 0 Å². The molecular weight excluding hydrogens is 330 g/mol. The molecule has 2 aromatic rings. The Labute approximate surface area is 154 Å². The Hall–Kier alpha value is -2.66. The molecule has 0 radical (unpaired) electrons. The predicted molar refractivity (Wildman–Crippen MR) is 100 cm³/mol. The molecule has 1 N–H and O–H groups in total. The van der Waals surface area contributed by atoms with Gasteiger partial charge in [-0.15, -0.1) is 0 Å². The molecule has 0 bridgehead atoms. The van der Waals surface area contributed by atoms with Crippen LogP contribution in [-0.4, -0.2) is 48.2 Å². The van der Waals surface area contributed by atoms with Gasteiger partial charge in [0, 0.05) is 12.0 Å². The summed E-state index contributed by atoms with van der Waals surface area (Å²) < 4.78 is 5.52. The number of esters is 1. The van der Waals surface area contributed by atoms with E-state index in [1.54, 1.807) is 0 Å². The van der Waals surface area contributed by atoms with Crippen LogP contribution in [0, 0.1) is 0 Å². The second-order valence-electron chi connectivity index (χ2n) is 6.41. The minimum atomic E-state index is -1.58. The van der Waals surface area contributed by atoms with Crippen molar-refractivity contribution in [2.45, 2.75) is 31.4 Å². The number of hydrogen-bond donors (Lipinski definition) is 1. The van der Waals surface area contributed by atoms with E-state index in [-0.39, 0.29) is 12.0 Å². The van der Waals surface area contributed by atoms with Gasteiger partial charge in [-0.3, -0.25) is 0 Å². The summed E-state index contributed by atoms with van der Waals surface area (Å²) in [6, 6.07) is 19.3. The van der Waals surface area contributed by atoms with E-state index in [0.717, 1.165) is 11.1 Å². The van der Waals surface area contributed by atoms with Crippen molar-refractivity contribution in [3.8, 4) is 0 Å². The molecule has 0 aliphatic heterocycles. The molecule has 0 aliphatic carbocycles. The van der Waals surface area contributed by atoms with Crippen molar-refractivity contribution in [3.63, 3.8) is 0 Å². The van der Waals surface area contributed by atoms with Crippen LogP contribution in [0.1, 0.15) is 30.4 Å². The first kappa shape index (κ1) is 19.7. The van der Waals surface area contributed by atoms with E-state index in [0.29, 0.717) is 6.42 Å². The maximum absolute atomic E-state index is 11.9. The molecule has 2 rings (SSSR count). The smallest absolute Gasteiger partial charge is 0.417 e. The van der Waals surface area contributed by atoms with Gasteiger partial charge in [-0.05, 0) is 31.6 Å². The maximum atomic E-state index is 11.9. The monoisotopic (exact) mass is 355 g/mol. The number of carboxylic acid groups (broad SMARTS) is 1. The topological polar surface area (TPSA) is 66.8 Å². The average molecular weight is 355 g/mol. The Bertz CT molecular complexity index is 676. The SMILES string of the molecule is CCC(C(OC(=O)C(=O)O)C(c1ccccc1)c1ccccc1)N(C)C. The van der Waals surface area contributed by atoms with E-state index < -0.39 is 18.0 Å². The third-order valence-corrected chi connectivity index (χ3v) is 4.52. The van der Waals surface area contributed by atoms with Crippen LogP contribution in [0.3, 0.4) is 0 Å². The van der Waals surface area contributed by atoms with Crippen molar-refractivity contribution in [1.29, 1.82) is 0 Å². The standard InChI is InChI=1S/C21H25NO4/c1-4-17(22(2)3)19(26-21(25)20(23)24)18(15-11-7-5-8-12-15)16-13-9-6-10-14-16/h5-14,17-19H,4H2,1-3H3,(H,23,24). The molecule has 138 valence electrons. The molecule has 0 aliphatic rings. The van der Waals surface area contributed by atoms with Gasteiger partial charge in [0.25, 0.3) is 0 Å². The Morgan fingerprint density at radius 3 is 1.77 bits per heavy atom. The van der Waals surface area contributed by atoms with Gasteiger partial charge in [-0.1, -0.05) is 67.6 Å². The van der Waals surface area contributed by atoms with E-state index in [1.807, 2.05) is 86.6 Å². The van der Waals surface area contributed by atoms with Gasteiger partial charge >= 0.3 is 11.9 Å². The van der Waals surface area contributed by atoms with Crippen molar-refractivity contribution >= 4 is 11.9 Å². The zero-order valence-electron chi connectivity index (χ0n) is 15.3. The highest BCUT2D eigenvalue weighted by molar-refractivity contribution is 6.28. The van der Waals surface area contributed by atoms with Crippen molar-refractivity contribution < 1.29 is 19.4 Å². The third kappa shape index (κ3) is 4.70. The van der Waals surface area contributed by atoms with Crippen LogP contribution < -0.4 is 0 Å². The molecule has 26 heavy (non-hydrogen) atoms.